The molecule has 1 amide bonds. The summed E-state index contributed by atoms with van der Waals surface area (Å²) in [5.41, 5.74) is 1.62. The van der Waals surface area contributed by atoms with Crippen molar-refractivity contribution in [2.45, 2.75) is 45.1 Å². The second kappa shape index (κ2) is 6.10. The molecular formula is C17H23N5O. The van der Waals surface area contributed by atoms with Crippen LogP contribution in [0.15, 0.2) is 36.7 Å². The van der Waals surface area contributed by atoms with Gasteiger partial charge in [0.15, 0.2) is 0 Å². The van der Waals surface area contributed by atoms with Crippen LogP contribution in [-0.2, 0) is 16.8 Å². The summed E-state index contributed by atoms with van der Waals surface area (Å²) in [6, 6.07) is 10.5. The lowest BCUT2D eigenvalue weighted by Gasteiger charge is -2.22. The van der Waals surface area contributed by atoms with E-state index >= 15 is 0 Å². The van der Waals surface area contributed by atoms with Gasteiger partial charge in [-0.3, -0.25) is 4.79 Å². The van der Waals surface area contributed by atoms with Crippen LogP contribution in [0.1, 0.15) is 38.7 Å². The van der Waals surface area contributed by atoms with Crippen molar-refractivity contribution in [1.29, 1.82) is 0 Å². The molecule has 1 saturated carbocycles. The normalized spacial score (nSPS) is 21.8. The number of nitrogens with zero attached hydrogens (tertiary/aromatic N) is 4. The summed E-state index contributed by atoms with van der Waals surface area (Å²) in [6.07, 6.45) is 3.90. The van der Waals surface area contributed by atoms with Gasteiger partial charge in [-0.2, -0.15) is 0 Å². The van der Waals surface area contributed by atoms with E-state index in [4.69, 9.17) is 0 Å². The Morgan fingerprint density at radius 2 is 2.04 bits per heavy atom. The summed E-state index contributed by atoms with van der Waals surface area (Å²) in [5.74, 6) is 0.0936. The third-order valence-corrected chi connectivity index (χ3v) is 5.01. The smallest absolute Gasteiger partial charge is 0.220 e. The van der Waals surface area contributed by atoms with Crippen LogP contribution in [0.2, 0.25) is 0 Å². The maximum absolute atomic E-state index is 12.1. The van der Waals surface area contributed by atoms with Crippen molar-refractivity contribution in [3.05, 3.63) is 42.2 Å². The minimum Gasteiger partial charge on any atom is -0.355 e. The number of rotatable bonds is 7. The quantitative estimate of drug-likeness (QED) is 0.848. The average molecular weight is 313 g/mol. The van der Waals surface area contributed by atoms with Gasteiger partial charge < -0.3 is 5.32 Å². The molecule has 0 saturated heterocycles. The van der Waals surface area contributed by atoms with Gasteiger partial charge in [0.1, 0.15) is 6.33 Å². The number of benzene rings is 1. The van der Waals surface area contributed by atoms with Crippen molar-refractivity contribution in [1.82, 2.24) is 25.5 Å². The van der Waals surface area contributed by atoms with Gasteiger partial charge in [-0.25, -0.2) is 4.68 Å². The van der Waals surface area contributed by atoms with Gasteiger partial charge in [-0.1, -0.05) is 44.2 Å². The Kier molecular flexibility index (Phi) is 4.15. The molecule has 0 spiro atoms. The summed E-state index contributed by atoms with van der Waals surface area (Å²) in [5, 5.41) is 14.1. The highest BCUT2D eigenvalue weighted by Gasteiger charge is 2.61. The lowest BCUT2D eigenvalue weighted by molar-refractivity contribution is -0.121. The summed E-state index contributed by atoms with van der Waals surface area (Å²) in [6.45, 7) is 5.90. The molecular weight excluding hydrogens is 290 g/mol. The summed E-state index contributed by atoms with van der Waals surface area (Å²) < 4.78 is 1.64. The van der Waals surface area contributed by atoms with Gasteiger partial charge in [0.05, 0.1) is 0 Å². The zero-order valence-electron chi connectivity index (χ0n) is 13.7. The van der Waals surface area contributed by atoms with E-state index in [9.17, 15) is 4.79 Å². The van der Waals surface area contributed by atoms with Crippen LogP contribution >= 0.6 is 0 Å². The molecule has 1 aromatic carbocycles. The first-order valence-electron chi connectivity index (χ1n) is 8.07. The third kappa shape index (κ3) is 3.25. The van der Waals surface area contributed by atoms with Gasteiger partial charge in [0.25, 0.3) is 0 Å². The van der Waals surface area contributed by atoms with Crippen LogP contribution < -0.4 is 5.32 Å². The highest BCUT2D eigenvalue weighted by molar-refractivity contribution is 5.76. The van der Waals surface area contributed by atoms with Crippen LogP contribution in [0.3, 0.4) is 0 Å². The molecule has 1 N–H and O–H groups in total. The standard InChI is InChI=1S/C17H23N5O/c1-16(2)11-17(16,14-7-4-3-5-8-14)12-18-15(23)9-6-10-22-13-19-20-21-22/h3-5,7-8,13H,6,9-12H2,1-2H3,(H,18,23)/t17-/m0/s1. The Hall–Kier alpha value is -2.24. The van der Waals surface area contributed by atoms with Crippen LogP contribution in [-0.4, -0.2) is 32.7 Å². The van der Waals surface area contributed by atoms with Crippen LogP contribution in [0.25, 0.3) is 0 Å². The van der Waals surface area contributed by atoms with E-state index < -0.39 is 0 Å². The minimum atomic E-state index is 0.0692. The summed E-state index contributed by atoms with van der Waals surface area (Å²) in [4.78, 5) is 12.1. The molecule has 0 aliphatic heterocycles. The molecule has 6 nitrogen and oxygen atoms in total. The molecule has 1 fully saturated rings. The lowest BCUT2D eigenvalue weighted by Crippen LogP contribution is -2.34. The molecule has 2 aromatic rings. The van der Waals surface area contributed by atoms with Crippen molar-refractivity contribution in [2.75, 3.05) is 6.54 Å². The number of carbonyl (C=O) groups excluding carboxylic acids is 1. The Bertz CT molecular complexity index is 653. The molecule has 3 rings (SSSR count). The zero-order valence-corrected chi connectivity index (χ0v) is 13.7. The van der Waals surface area contributed by atoms with Gasteiger partial charge in [-0.15, -0.1) is 5.10 Å². The highest BCUT2D eigenvalue weighted by atomic mass is 16.1. The Labute approximate surface area is 136 Å². The van der Waals surface area contributed by atoms with Crippen molar-refractivity contribution >= 4 is 5.91 Å². The number of hydrogen-bond acceptors (Lipinski definition) is 4. The summed E-state index contributed by atoms with van der Waals surface area (Å²) in [7, 11) is 0. The fraction of sp³-hybridized carbons (Fsp3) is 0.529. The average Bonchev–Trinajstić information content (AvgIpc) is 2.90. The fourth-order valence-electron chi connectivity index (χ4n) is 3.39. The monoisotopic (exact) mass is 313 g/mol. The largest absolute Gasteiger partial charge is 0.355 e. The number of hydrogen-bond donors (Lipinski definition) is 1. The number of amides is 1. The first kappa shape index (κ1) is 15.6. The molecule has 0 bridgehead atoms. The second-order valence-electron chi connectivity index (χ2n) is 6.96. The van der Waals surface area contributed by atoms with Gasteiger partial charge in [-0.05, 0) is 34.2 Å². The molecule has 23 heavy (non-hydrogen) atoms. The molecule has 0 radical (unpaired) electrons. The van der Waals surface area contributed by atoms with Crippen molar-refractivity contribution in [3.63, 3.8) is 0 Å². The van der Waals surface area contributed by atoms with E-state index in [2.05, 4.69) is 59.0 Å². The maximum atomic E-state index is 12.1. The molecule has 1 aliphatic carbocycles. The number of nitrogens with one attached hydrogen (secondary N) is 1. The number of tetrazole rings is 1. The molecule has 0 unspecified atom stereocenters. The fourth-order valence-corrected chi connectivity index (χ4v) is 3.39. The van der Waals surface area contributed by atoms with Crippen molar-refractivity contribution < 1.29 is 4.79 Å². The molecule has 1 aromatic heterocycles. The first-order valence-corrected chi connectivity index (χ1v) is 8.07. The van der Waals surface area contributed by atoms with E-state index in [1.807, 2.05) is 6.07 Å². The third-order valence-electron chi connectivity index (χ3n) is 5.01. The predicted octanol–water partition coefficient (Wildman–Crippen LogP) is 1.94. The molecule has 122 valence electrons. The van der Waals surface area contributed by atoms with Crippen LogP contribution in [0.4, 0.5) is 0 Å². The number of carbonyl (C=O) groups is 1. The second-order valence-corrected chi connectivity index (χ2v) is 6.96. The van der Waals surface area contributed by atoms with E-state index in [1.54, 1.807) is 11.0 Å². The van der Waals surface area contributed by atoms with Gasteiger partial charge in [0, 0.05) is 24.9 Å². The van der Waals surface area contributed by atoms with Crippen molar-refractivity contribution in [2.24, 2.45) is 5.41 Å². The predicted molar refractivity (Wildman–Crippen MR) is 86.6 cm³/mol. The van der Waals surface area contributed by atoms with E-state index in [0.29, 0.717) is 19.5 Å². The Morgan fingerprint density at radius 3 is 2.65 bits per heavy atom. The van der Waals surface area contributed by atoms with Gasteiger partial charge in [0.2, 0.25) is 5.91 Å². The van der Waals surface area contributed by atoms with Crippen LogP contribution in [0, 0.1) is 5.41 Å². The Balaban J connectivity index is 1.51. The number of aromatic nitrogens is 4. The zero-order chi connectivity index (χ0) is 16.3. The van der Waals surface area contributed by atoms with E-state index in [0.717, 1.165) is 12.8 Å². The molecule has 1 atom stereocenters. The van der Waals surface area contributed by atoms with Gasteiger partial charge >= 0.3 is 0 Å². The SMILES string of the molecule is CC1(C)C[C@]1(CNC(=O)CCCn1cnnn1)c1ccccc1. The molecule has 1 aliphatic rings. The summed E-state index contributed by atoms with van der Waals surface area (Å²) >= 11 is 0. The Morgan fingerprint density at radius 1 is 1.30 bits per heavy atom. The van der Waals surface area contributed by atoms with E-state index in [1.165, 1.54) is 5.56 Å². The van der Waals surface area contributed by atoms with Crippen LogP contribution in [0.5, 0.6) is 0 Å². The number of aryl methyl sites for hydroxylation is 1. The lowest BCUT2D eigenvalue weighted by atomic mass is 9.88. The molecule has 6 heteroatoms. The topological polar surface area (TPSA) is 72.7 Å². The van der Waals surface area contributed by atoms with E-state index in [-0.39, 0.29) is 16.7 Å². The van der Waals surface area contributed by atoms with Crippen molar-refractivity contribution in [3.8, 4) is 0 Å². The highest BCUT2D eigenvalue weighted by Crippen LogP contribution is 2.63. The first-order chi connectivity index (χ1) is 11.0. The maximum Gasteiger partial charge on any atom is 0.220 e. The molecule has 1 heterocycles. The minimum absolute atomic E-state index is 0.0692.